The molecule has 1 aliphatic heterocycles. The number of alkyl halides is 3. The van der Waals surface area contributed by atoms with Crippen molar-refractivity contribution in [1.29, 1.82) is 0 Å². The second-order valence-electron chi connectivity index (χ2n) is 6.99. The van der Waals surface area contributed by atoms with Gasteiger partial charge in [0.25, 0.3) is 5.91 Å². The summed E-state index contributed by atoms with van der Waals surface area (Å²) in [7, 11) is 0. The first kappa shape index (κ1) is 20.8. The van der Waals surface area contributed by atoms with Crippen LogP contribution in [0.4, 0.5) is 18.9 Å². The van der Waals surface area contributed by atoms with E-state index in [0.29, 0.717) is 25.9 Å². The van der Waals surface area contributed by atoms with Crippen LogP contribution in [0, 0.1) is 6.92 Å². The van der Waals surface area contributed by atoms with Gasteiger partial charge >= 0.3 is 6.18 Å². The number of aryl methyl sites for hydroxylation is 1. The van der Waals surface area contributed by atoms with Crippen molar-refractivity contribution >= 4 is 17.5 Å². The van der Waals surface area contributed by atoms with E-state index in [1.54, 1.807) is 17.9 Å². The van der Waals surface area contributed by atoms with E-state index in [1.165, 1.54) is 18.4 Å². The molecule has 2 heterocycles. The zero-order valence-electron chi connectivity index (χ0n) is 15.9. The Balaban J connectivity index is 1.46. The monoisotopic (exact) mass is 409 g/mol. The number of carbonyl (C=O) groups is 2. The maximum atomic E-state index is 12.8. The molecule has 2 amide bonds. The highest BCUT2D eigenvalue weighted by molar-refractivity contribution is 5.93. The Kier molecular flexibility index (Phi) is 6.14. The van der Waals surface area contributed by atoms with Crippen molar-refractivity contribution in [3.05, 3.63) is 53.5 Å². The minimum Gasteiger partial charge on any atom is -0.459 e. The maximum Gasteiger partial charge on any atom is 0.416 e. The van der Waals surface area contributed by atoms with Crippen LogP contribution in [0.15, 0.2) is 41.0 Å². The first-order valence-corrected chi connectivity index (χ1v) is 9.28. The molecule has 0 bridgehead atoms. The predicted molar refractivity (Wildman–Crippen MR) is 100 cm³/mol. The van der Waals surface area contributed by atoms with Gasteiger partial charge in [-0.3, -0.25) is 9.59 Å². The van der Waals surface area contributed by atoms with Crippen molar-refractivity contribution in [2.24, 2.45) is 0 Å². The number of hydrogen-bond acceptors (Lipinski definition) is 4. The zero-order valence-corrected chi connectivity index (χ0v) is 15.9. The molecule has 1 aromatic heterocycles. The molecule has 1 fully saturated rings. The van der Waals surface area contributed by atoms with Crippen LogP contribution in [-0.4, -0.2) is 42.4 Å². The zero-order chi connectivity index (χ0) is 21.0. The van der Waals surface area contributed by atoms with Gasteiger partial charge < -0.3 is 20.0 Å². The van der Waals surface area contributed by atoms with E-state index >= 15 is 0 Å². The molecule has 3 rings (SSSR count). The summed E-state index contributed by atoms with van der Waals surface area (Å²) >= 11 is 0. The van der Waals surface area contributed by atoms with Gasteiger partial charge in [0.15, 0.2) is 5.76 Å². The van der Waals surface area contributed by atoms with E-state index in [4.69, 9.17) is 4.42 Å². The molecule has 1 aromatic carbocycles. The van der Waals surface area contributed by atoms with Gasteiger partial charge in [0.1, 0.15) is 0 Å². The fraction of sp³-hybridized carbons (Fsp3) is 0.400. The Morgan fingerprint density at radius 2 is 1.93 bits per heavy atom. The third-order valence-corrected chi connectivity index (χ3v) is 4.88. The van der Waals surface area contributed by atoms with E-state index in [0.717, 1.165) is 17.7 Å². The number of anilines is 1. The molecule has 2 aromatic rings. The van der Waals surface area contributed by atoms with Crippen molar-refractivity contribution in [3.63, 3.8) is 0 Å². The molecule has 1 aliphatic rings. The van der Waals surface area contributed by atoms with Gasteiger partial charge in [-0.25, -0.2) is 0 Å². The third kappa shape index (κ3) is 5.30. The number of piperidine rings is 1. The molecule has 0 atom stereocenters. The number of furan rings is 1. The minimum atomic E-state index is -4.43. The minimum absolute atomic E-state index is 0.0625. The molecule has 0 radical (unpaired) electrons. The molecule has 0 unspecified atom stereocenters. The Hall–Kier alpha value is -2.97. The molecule has 6 nitrogen and oxygen atoms in total. The number of carbonyl (C=O) groups excluding carboxylic acids is 2. The second kappa shape index (κ2) is 8.59. The number of benzene rings is 1. The number of amides is 2. The Morgan fingerprint density at radius 1 is 1.21 bits per heavy atom. The molecular formula is C20H22F3N3O3. The fourth-order valence-corrected chi connectivity index (χ4v) is 3.22. The summed E-state index contributed by atoms with van der Waals surface area (Å²) in [6.45, 7) is 2.62. The first-order valence-electron chi connectivity index (χ1n) is 9.28. The van der Waals surface area contributed by atoms with Gasteiger partial charge in [-0.15, -0.1) is 0 Å². The molecule has 0 saturated carbocycles. The standard InChI is InChI=1S/C20H22F3N3O3/c1-13-7-10-29-18(13)19(28)25-15-5-8-26(9-6-15)17(27)12-24-16-4-2-3-14(11-16)20(21,22)23/h2-4,7,10-11,15,24H,5-6,8-9,12H2,1H3,(H,25,28). The van der Waals surface area contributed by atoms with Crippen molar-refractivity contribution in [2.75, 3.05) is 25.0 Å². The van der Waals surface area contributed by atoms with E-state index < -0.39 is 11.7 Å². The molecule has 156 valence electrons. The number of hydrogen-bond donors (Lipinski definition) is 2. The van der Waals surface area contributed by atoms with Crippen LogP contribution in [0.25, 0.3) is 0 Å². The van der Waals surface area contributed by atoms with Gasteiger partial charge in [-0.05, 0) is 44.0 Å². The van der Waals surface area contributed by atoms with Crippen LogP contribution in [-0.2, 0) is 11.0 Å². The lowest BCUT2D eigenvalue weighted by molar-refractivity contribution is -0.137. The Bertz CT molecular complexity index is 871. The maximum absolute atomic E-state index is 12.8. The highest BCUT2D eigenvalue weighted by Gasteiger charge is 2.30. The van der Waals surface area contributed by atoms with Crippen molar-refractivity contribution in [3.8, 4) is 0 Å². The number of rotatable bonds is 5. The van der Waals surface area contributed by atoms with Gasteiger partial charge in [-0.2, -0.15) is 13.2 Å². The average Bonchev–Trinajstić information content (AvgIpc) is 3.12. The second-order valence-corrected chi connectivity index (χ2v) is 6.99. The van der Waals surface area contributed by atoms with Crippen LogP contribution in [0.1, 0.15) is 34.5 Å². The van der Waals surface area contributed by atoms with Crippen molar-refractivity contribution in [2.45, 2.75) is 32.0 Å². The Morgan fingerprint density at radius 3 is 2.55 bits per heavy atom. The topological polar surface area (TPSA) is 74.6 Å². The lowest BCUT2D eigenvalue weighted by atomic mass is 10.0. The van der Waals surface area contributed by atoms with Crippen LogP contribution in [0.3, 0.4) is 0 Å². The summed E-state index contributed by atoms with van der Waals surface area (Å²) in [5, 5.41) is 5.66. The van der Waals surface area contributed by atoms with Gasteiger partial charge in [0, 0.05) is 30.4 Å². The SMILES string of the molecule is Cc1ccoc1C(=O)NC1CCN(C(=O)CNc2cccc(C(F)(F)F)c2)CC1. The summed E-state index contributed by atoms with van der Waals surface area (Å²) in [5.74, 6) is -0.189. The lowest BCUT2D eigenvalue weighted by Gasteiger charge is -2.32. The van der Waals surface area contributed by atoms with E-state index in [9.17, 15) is 22.8 Å². The van der Waals surface area contributed by atoms with Crippen LogP contribution >= 0.6 is 0 Å². The van der Waals surface area contributed by atoms with Gasteiger partial charge in [0.05, 0.1) is 18.4 Å². The summed E-state index contributed by atoms with van der Waals surface area (Å²) in [6.07, 6.45) is -1.77. The lowest BCUT2D eigenvalue weighted by Crippen LogP contribution is -2.47. The highest BCUT2D eigenvalue weighted by Crippen LogP contribution is 2.30. The van der Waals surface area contributed by atoms with E-state index in [1.807, 2.05) is 0 Å². The normalized spacial score (nSPS) is 15.2. The summed E-state index contributed by atoms with van der Waals surface area (Å²) in [4.78, 5) is 26.2. The number of nitrogens with one attached hydrogen (secondary N) is 2. The van der Waals surface area contributed by atoms with E-state index in [-0.39, 0.29) is 35.8 Å². The highest BCUT2D eigenvalue weighted by atomic mass is 19.4. The predicted octanol–water partition coefficient (Wildman–Crippen LogP) is 3.44. The summed E-state index contributed by atoms with van der Waals surface area (Å²) in [6, 6.07) is 6.40. The largest absolute Gasteiger partial charge is 0.459 e. The van der Waals surface area contributed by atoms with Gasteiger partial charge in [-0.1, -0.05) is 6.07 Å². The van der Waals surface area contributed by atoms with Crippen LogP contribution in [0.2, 0.25) is 0 Å². The number of likely N-dealkylation sites (tertiary alicyclic amines) is 1. The van der Waals surface area contributed by atoms with Crippen molar-refractivity contribution in [1.82, 2.24) is 10.2 Å². The fourth-order valence-electron chi connectivity index (χ4n) is 3.22. The molecule has 9 heteroatoms. The van der Waals surface area contributed by atoms with Gasteiger partial charge in [0.2, 0.25) is 5.91 Å². The van der Waals surface area contributed by atoms with Crippen molar-refractivity contribution < 1.29 is 27.2 Å². The molecule has 29 heavy (non-hydrogen) atoms. The molecule has 0 aliphatic carbocycles. The molecule has 1 saturated heterocycles. The van der Waals surface area contributed by atoms with E-state index in [2.05, 4.69) is 10.6 Å². The molecule has 2 N–H and O–H groups in total. The Labute approximate surface area is 166 Å². The number of halogens is 3. The average molecular weight is 409 g/mol. The van der Waals surface area contributed by atoms with Crippen LogP contribution in [0.5, 0.6) is 0 Å². The third-order valence-electron chi connectivity index (χ3n) is 4.88. The number of nitrogens with zero attached hydrogens (tertiary/aromatic N) is 1. The smallest absolute Gasteiger partial charge is 0.416 e. The first-order chi connectivity index (χ1) is 13.7. The molecular weight excluding hydrogens is 387 g/mol. The molecule has 0 spiro atoms. The quantitative estimate of drug-likeness (QED) is 0.794. The van der Waals surface area contributed by atoms with Crippen LogP contribution < -0.4 is 10.6 Å². The summed E-state index contributed by atoms with van der Waals surface area (Å²) < 4.78 is 43.4. The summed E-state index contributed by atoms with van der Waals surface area (Å²) in [5.41, 5.74) is 0.234.